The van der Waals surface area contributed by atoms with Crippen LogP contribution < -0.4 is 10.5 Å². The number of aromatic nitrogens is 4. The van der Waals surface area contributed by atoms with Gasteiger partial charge in [0.25, 0.3) is 0 Å². The van der Waals surface area contributed by atoms with E-state index in [0.29, 0.717) is 23.8 Å². The average Bonchev–Trinajstić information content (AvgIpc) is 3.29. The van der Waals surface area contributed by atoms with Crippen LogP contribution in [0, 0.1) is 0 Å². The minimum atomic E-state index is -3.90. The van der Waals surface area contributed by atoms with Crippen LogP contribution in [0.2, 0.25) is 0 Å². The summed E-state index contributed by atoms with van der Waals surface area (Å²) >= 11 is 0. The lowest BCUT2D eigenvalue weighted by atomic mass is 10.1. The Morgan fingerprint density at radius 2 is 1.85 bits per heavy atom. The Labute approximate surface area is 197 Å². The van der Waals surface area contributed by atoms with Gasteiger partial charge in [-0.25, -0.2) is 23.1 Å². The van der Waals surface area contributed by atoms with Crippen molar-refractivity contribution >= 4 is 21.4 Å². The molecule has 34 heavy (non-hydrogen) atoms. The van der Waals surface area contributed by atoms with Gasteiger partial charge in [0.15, 0.2) is 11.6 Å². The number of hydrogen-bond donors (Lipinski definition) is 2. The SMILES string of the molecule is NS(=O)(=O)c1cncc(-c2nc(NCCN3CCOCC3)c3c(-c4ccccc4)ccn3n2)c1. The van der Waals surface area contributed by atoms with Gasteiger partial charge in [0, 0.05) is 55.9 Å². The molecule has 3 N–H and O–H groups in total. The maximum Gasteiger partial charge on any atom is 0.239 e. The third kappa shape index (κ3) is 4.77. The number of hydrogen-bond acceptors (Lipinski definition) is 8. The Balaban J connectivity index is 1.55. The van der Waals surface area contributed by atoms with Gasteiger partial charge in [-0.3, -0.25) is 9.88 Å². The molecule has 0 unspecified atom stereocenters. The standard InChI is InChI=1S/C23H25N7O3S/c24-34(31,32)19-14-18(15-25-16-19)22-27-23(26-7-9-29-10-12-33-13-11-29)21-20(6-8-30(21)28-22)17-4-2-1-3-5-17/h1-6,8,14-16H,7,9-13H2,(H2,24,31,32)(H,26,27,28). The van der Waals surface area contributed by atoms with Gasteiger partial charge < -0.3 is 10.1 Å². The first-order chi connectivity index (χ1) is 16.5. The second kappa shape index (κ2) is 9.47. The number of morpholine rings is 1. The Morgan fingerprint density at radius 1 is 1.06 bits per heavy atom. The molecule has 0 radical (unpaired) electrons. The molecular formula is C23H25N7O3S. The first-order valence-electron chi connectivity index (χ1n) is 11.0. The molecule has 1 aromatic carbocycles. The van der Waals surface area contributed by atoms with Gasteiger partial charge in [0.2, 0.25) is 10.0 Å². The molecule has 10 nitrogen and oxygen atoms in total. The van der Waals surface area contributed by atoms with Gasteiger partial charge in [-0.1, -0.05) is 30.3 Å². The van der Waals surface area contributed by atoms with Crippen molar-refractivity contribution in [1.29, 1.82) is 0 Å². The van der Waals surface area contributed by atoms with Gasteiger partial charge in [-0.15, -0.1) is 5.10 Å². The summed E-state index contributed by atoms with van der Waals surface area (Å²) in [6, 6.07) is 13.5. The molecule has 4 aromatic rings. The summed E-state index contributed by atoms with van der Waals surface area (Å²) in [5.74, 6) is 0.998. The van der Waals surface area contributed by atoms with Crippen LogP contribution in [0.15, 0.2) is 66.0 Å². The van der Waals surface area contributed by atoms with Crippen molar-refractivity contribution in [1.82, 2.24) is 24.5 Å². The van der Waals surface area contributed by atoms with Crippen molar-refractivity contribution in [3.05, 3.63) is 61.1 Å². The molecular weight excluding hydrogens is 454 g/mol. The van der Waals surface area contributed by atoms with E-state index < -0.39 is 10.0 Å². The number of nitrogens with one attached hydrogen (secondary N) is 1. The number of primary sulfonamides is 1. The van der Waals surface area contributed by atoms with Crippen molar-refractivity contribution in [2.75, 3.05) is 44.7 Å². The minimum absolute atomic E-state index is 0.0898. The Hall–Kier alpha value is -3.38. The molecule has 0 atom stereocenters. The highest BCUT2D eigenvalue weighted by atomic mass is 32.2. The van der Waals surface area contributed by atoms with Crippen LogP contribution in [0.3, 0.4) is 0 Å². The molecule has 0 amide bonds. The number of pyridine rings is 1. The molecule has 1 fully saturated rings. The fraction of sp³-hybridized carbons (Fsp3) is 0.261. The van der Waals surface area contributed by atoms with E-state index in [-0.39, 0.29) is 4.90 Å². The highest BCUT2D eigenvalue weighted by Gasteiger charge is 2.17. The van der Waals surface area contributed by atoms with Crippen LogP contribution in [0.1, 0.15) is 0 Å². The minimum Gasteiger partial charge on any atom is -0.379 e. The largest absolute Gasteiger partial charge is 0.379 e. The van der Waals surface area contributed by atoms with Crippen LogP contribution in [0.25, 0.3) is 28.0 Å². The first-order valence-corrected chi connectivity index (χ1v) is 12.5. The Morgan fingerprint density at radius 3 is 2.62 bits per heavy atom. The molecule has 0 bridgehead atoms. The van der Waals surface area contributed by atoms with Crippen molar-refractivity contribution in [3.8, 4) is 22.5 Å². The highest BCUT2D eigenvalue weighted by Crippen LogP contribution is 2.31. The van der Waals surface area contributed by atoms with Gasteiger partial charge in [0.05, 0.1) is 13.2 Å². The predicted octanol–water partition coefficient (Wildman–Crippen LogP) is 1.85. The number of nitrogens with two attached hydrogens (primary N) is 1. The zero-order chi connectivity index (χ0) is 23.5. The quantitative estimate of drug-likeness (QED) is 0.411. The number of fused-ring (bicyclic) bond motifs is 1. The zero-order valence-electron chi connectivity index (χ0n) is 18.5. The Bertz CT molecular complexity index is 1400. The second-order valence-electron chi connectivity index (χ2n) is 8.01. The van der Waals surface area contributed by atoms with Crippen LogP contribution in [-0.4, -0.2) is 72.3 Å². The van der Waals surface area contributed by atoms with Gasteiger partial charge in [0.1, 0.15) is 10.4 Å². The van der Waals surface area contributed by atoms with Crippen LogP contribution in [0.5, 0.6) is 0 Å². The van der Waals surface area contributed by atoms with E-state index in [0.717, 1.165) is 49.5 Å². The van der Waals surface area contributed by atoms with E-state index in [4.69, 9.17) is 14.9 Å². The molecule has 4 heterocycles. The predicted molar refractivity (Wildman–Crippen MR) is 129 cm³/mol. The molecule has 1 aliphatic rings. The monoisotopic (exact) mass is 479 g/mol. The van der Waals surface area contributed by atoms with Gasteiger partial charge in [-0.05, 0) is 17.7 Å². The van der Waals surface area contributed by atoms with E-state index in [1.807, 2.05) is 42.6 Å². The normalized spacial score (nSPS) is 15.0. The maximum absolute atomic E-state index is 11.8. The molecule has 1 aliphatic heterocycles. The lowest BCUT2D eigenvalue weighted by molar-refractivity contribution is 0.0398. The van der Waals surface area contributed by atoms with Crippen LogP contribution in [0.4, 0.5) is 5.82 Å². The number of sulfonamides is 1. The van der Waals surface area contributed by atoms with Crippen LogP contribution in [-0.2, 0) is 14.8 Å². The van der Waals surface area contributed by atoms with Crippen LogP contribution >= 0.6 is 0 Å². The summed E-state index contributed by atoms with van der Waals surface area (Å²) in [6.07, 6.45) is 4.60. The van der Waals surface area contributed by atoms with E-state index in [1.54, 1.807) is 4.52 Å². The summed E-state index contributed by atoms with van der Waals surface area (Å²) in [5, 5.41) is 13.4. The fourth-order valence-electron chi connectivity index (χ4n) is 3.97. The van der Waals surface area contributed by atoms with Crippen molar-refractivity contribution in [2.24, 2.45) is 5.14 Å². The summed E-state index contributed by atoms with van der Waals surface area (Å²) in [7, 11) is -3.90. The number of ether oxygens (including phenoxy) is 1. The number of anilines is 1. The highest BCUT2D eigenvalue weighted by molar-refractivity contribution is 7.89. The lowest BCUT2D eigenvalue weighted by Gasteiger charge is -2.26. The molecule has 5 rings (SSSR count). The first kappa shape index (κ1) is 22.4. The summed E-state index contributed by atoms with van der Waals surface area (Å²) in [6.45, 7) is 4.81. The van der Waals surface area contributed by atoms with Crippen molar-refractivity contribution in [2.45, 2.75) is 4.90 Å². The van der Waals surface area contributed by atoms with E-state index in [1.165, 1.54) is 18.5 Å². The number of benzene rings is 1. The van der Waals surface area contributed by atoms with E-state index in [9.17, 15) is 8.42 Å². The van der Waals surface area contributed by atoms with Gasteiger partial charge in [-0.2, -0.15) is 0 Å². The summed E-state index contributed by atoms with van der Waals surface area (Å²) in [4.78, 5) is 11.0. The van der Waals surface area contributed by atoms with Crippen molar-refractivity contribution < 1.29 is 13.2 Å². The topological polar surface area (TPSA) is 128 Å². The molecule has 176 valence electrons. The second-order valence-corrected chi connectivity index (χ2v) is 9.57. The number of nitrogens with zero attached hydrogens (tertiary/aromatic N) is 5. The van der Waals surface area contributed by atoms with Gasteiger partial charge >= 0.3 is 0 Å². The number of rotatable bonds is 7. The average molecular weight is 480 g/mol. The third-order valence-corrected chi connectivity index (χ3v) is 6.60. The zero-order valence-corrected chi connectivity index (χ0v) is 19.3. The fourth-order valence-corrected chi connectivity index (χ4v) is 4.47. The van der Waals surface area contributed by atoms with E-state index in [2.05, 4.69) is 20.3 Å². The molecule has 0 saturated carbocycles. The molecule has 11 heteroatoms. The third-order valence-electron chi connectivity index (χ3n) is 5.72. The maximum atomic E-state index is 11.8. The lowest BCUT2D eigenvalue weighted by Crippen LogP contribution is -2.39. The van der Waals surface area contributed by atoms with E-state index >= 15 is 0 Å². The van der Waals surface area contributed by atoms with Crippen molar-refractivity contribution in [3.63, 3.8) is 0 Å². The summed E-state index contributed by atoms with van der Waals surface area (Å²) in [5.41, 5.74) is 3.35. The smallest absolute Gasteiger partial charge is 0.239 e. The summed E-state index contributed by atoms with van der Waals surface area (Å²) < 4.78 is 30.8. The Kier molecular flexibility index (Phi) is 6.24. The molecule has 0 spiro atoms. The molecule has 1 saturated heterocycles. The molecule has 3 aromatic heterocycles. The molecule has 0 aliphatic carbocycles.